The van der Waals surface area contributed by atoms with E-state index in [2.05, 4.69) is 17.2 Å². The van der Waals surface area contributed by atoms with Crippen LogP contribution in [0.5, 0.6) is 0 Å². The SMILES string of the molecule is O=C(C#Cc1ccccc1)N[C@@H]1C=C[C@H](CO)C1. The third-order valence-corrected chi connectivity index (χ3v) is 2.82. The van der Waals surface area contributed by atoms with E-state index in [0.29, 0.717) is 0 Å². The Balaban J connectivity index is 1.87. The fourth-order valence-corrected chi connectivity index (χ4v) is 1.87. The van der Waals surface area contributed by atoms with Gasteiger partial charge in [-0.1, -0.05) is 36.3 Å². The van der Waals surface area contributed by atoms with Crippen LogP contribution < -0.4 is 5.32 Å². The Labute approximate surface area is 107 Å². The summed E-state index contributed by atoms with van der Waals surface area (Å²) in [5.41, 5.74) is 0.822. The van der Waals surface area contributed by atoms with Gasteiger partial charge in [-0.05, 0) is 18.6 Å². The van der Waals surface area contributed by atoms with E-state index in [1.54, 1.807) is 0 Å². The molecule has 0 unspecified atom stereocenters. The Morgan fingerprint density at radius 1 is 1.33 bits per heavy atom. The third kappa shape index (κ3) is 3.47. The summed E-state index contributed by atoms with van der Waals surface area (Å²) >= 11 is 0. The predicted molar refractivity (Wildman–Crippen MR) is 69.6 cm³/mol. The summed E-state index contributed by atoms with van der Waals surface area (Å²) in [5.74, 6) is 5.24. The summed E-state index contributed by atoms with van der Waals surface area (Å²) in [7, 11) is 0. The minimum Gasteiger partial charge on any atom is -0.396 e. The van der Waals surface area contributed by atoms with Gasteiger partial charge in [-0.25, -0.2) is 0 Å². The number of aliphatic hydroxyl groups excluding tert-OH is 1. The van der Waals surface area contributed by atoms with Crippen molar-refractivity contribution in [2.45, 2.75) is 12.5 Å². The number of nitrogens with one attached hydrogen (secondary N) is 1. The zero-order chi connectivity index (χ0) is 12.8. The van der Waals surface area contributed by atoms with Crippen molar-refractivity contribution in [1.29, 1.82) is 0 Å². The molecule has 0 aromatic heterocycles. The second-order valence-corrected chi connectivity index (χ2v) is 4.26. The molecule has 0 aliphatic heterocycles. The quantitative estimate of drug-likeness (QED) is 0.601. The highest BCUT2D eigenvalue weighted by Crippen LogP contribution is 2.16. The molecule has 18 heavy (non-hydrogen) atoms. The monoisotopic (exact) mass is 241 g/mol. The summed E-state index contributed by atoms with van der Waals surface area (Å²) in [6, 6.07) is 9.37. The van der Waals surface area contributed by atoms with Crippen LogP contribution in [0.1, 0.15) is 12.0 Å². The smallest absolute Gasteiger partial charge is 0.296 e. The van der Waals surface area contributed by atoms with E-state index >= 15 is 0 Å². The van der Waals surface area contributed by atoms with Gasteiger partial charge in [-0.2, -0.15) is 0 Å². The van der Waals surface area contributed by atoms with Crippen LogP contribution in [0.25, 0.3) is 0 Å². The lowest BCUT2D eigenvalue weighted by Gasteiger charge is -2.09. The molecule has 92 valence electrons. The summed E-state index contributed by atoms with van der Waals surface area (Å²) < 4.78 is 0. The molecule has 0 fully saturated rings. The molecule has 2 atom stereocenters. The lowest BCUT2D eigenvalue weighted by atomic mass is 10.1. The van der Waals surface area contributed by atoms with Gasteiger partial charge in [0, 0.05) is 30.1 Å². The van der Waals surface area contributed by atoms with Gasteiger partial charge in [-0.15, -0.1) is 0 Å². The second kappa shape index (κ2) is 6.04. The first-order chi connectivity index (χ1) is 8.78. The Hall–Kier alpha value is -2.05. The minimum absolute atomic E-state index is 0.0141. The van der Waals surface area contributed by atoms with E-state index in [1.807, 2.05) is 42.5 Å². The van der Waals surface area contributed by atoms with Crippen LogP contribution in [0.4, 0.5) is 0 Å². The van der Waals surface area contributed by atoms with E-state index in [4.69, 9.17) is 5.11 Å². The molecule has 2 N–H and O–H groups in total. The van der Waals surface area contributed by atoms with Crippen molar-refractivity contribution >= 4 is 5.91 Å². The maximum Gasteiger partial charge on any atom is 0.296 e. The number of hydrogen-bond acceptors (Lipinski definition) is 2. The topological polar surface area (TPSA) is 49.3 Å². The molecule has 1 aromatic carbocycles. The second-order valence-electron chi connectivity index (χ2n) is 4.26. The molecule has 0 radical (unpaired) electrons. The van der Waals surface area contributed by atoms with Crippen LogP contribution in [-0.4, -0.2) is 23.7 Å². The molecule has 0 saturated heterocycles. The van der Waals surface area contributed by atoms with E-state index < -0.39 is 0 Å². The van der Waals surface area contributed by atoms with E-state index in [1.165, 1.54) is 0 Å². The lowest BCUT2D eigenvalue weighted by Crippen LogP contribution is -2.31. The van der Waals surface area contributed by atoms with Crippen LogP contribution in [0.3, 0.4) is 0 Å². The maximum absolute atomic E-state index is 11.6. The number of amides is 1. The van der Waals surface area contributed by atoms with Gasteiger partial charge in [0.2, 0.25) is 0 Å². The van der Waals surface area contributed by atoms with Crippen LogP contribution in [0.2, 0.25) is 0 Å². The largest absolute Gasteiger partial charge is 0.396 e. The van der Waals surface area contributed by atoms with Crippen molar-refractivity contribution in [2.75, 3.05) is 6.61 Å². The van der Waals surface area contributed by atoms with Crippen LogP contribution in [-0.2, 0) is 4.79 Å². The number of carbonyl (C=O) groups excluding carboxylic acids is 1. The summed E-state index contributed by atoms with van der Waals surface area (Å²) in [5, 5.41) is 11.8. The number of hydrogen-bond donors (Lipinski definition) is 2. The first kappa shape index (κ1) is 12.4. The molecule has 1 aliphatic rings. The predicted octanol–water partition coefficient (Wildman–Crippen LogP) is 1.09. The van der Waals surface area contributed by atoms with Gasteiger partial charge in [0.05, 0.1) is 0 Å². The zero-order valence-electron chi connectivity index (χ0n) is 9.97. The summed E-state index contributed by atoms with van der Waals surface area (Å²) in [6.45, 7) is 0.124. The molecule has 0 spiro atoms. The average Bonchev–Trinajstić information content (AvgIpc) is 2.85. The molecule has 2 rings (SSSR count). The molecule has 1 aliphatic carbocycles. The van der Waals surface area contributed by atoms with Crippen molar-refractivity contribution in [3.05, 3.63) is 48.0 Å². The number of aliphatic hydroxyl groups is 1. The molecule has 0 bridgehead atoms. The number of carbonyl (C=O) groups is 1. The van der Waals surface area contributed by atoms with Crippen molar-refractivity contribution < 1.29 is 9.90 Å². The Morgan fingerprint density at radius 2 is 2.11 bits per heavy atom. The first-order valence-electron chi connectivity index (χ1n) is 5.94. The molecule has 3 nitrogen and oxygen atoms in total. The highest BCUT2D eigenvalue weighted by molar-refractivity contribution is 5.94. The van der Waals surface area contributed by atoms with Crippen molar-refractivity contribution in [3.8, 4) is 11.8 Å². The molecule has 0 saturated carbocycles. The first-order valence-corrected chi connectivity index (χ1v) is 5.94. The van der Waals surface area contributed by atoms with Gasteiger partial charge >= 0.3 is 0 Å². The summed E-state index contributed by atoms with van der Waals surface area (Å²) in [4.78, 5) is 11.6. The molecule has 3 heteroatoms. The highest BCUT2D eigenvalue weighted by atomic mass is 16.3. The van der Waals surface area contributed by atoms with Gasteiger partial charge < -0.3 is 10.4 Å². The van der Waals surface area contributed by atoms with Crippen molar-refractivity contribution in [2.24, 2.45) is 5.92 Å². The van der Waals surface area contributed by atoms with E-state index in [0.717, 1.165) is 12.0 Å². The standard InChI is InChI=1S/C15H15NO2/c17-11-13-6-8-14(10-13)16-15(18)9-7-12-4-2-1-3-5-12/h1-6,8,13-14,17H,10-11H2,(H,16,18)/t13-,14+/m0/s1. The number of rotatable bonds is 2. The Kier molecular flexibility index (Phi) is 4.16. The molecular formula is C15H15NO2. The summed E-state index contributed by atoms with van der Waals surface area (Å²) in [6.07, 6.45) is 4.58. The van der Waals surface area contributed by atoms with Crippen molar-refractivity contribution in [3.63, 3.8) is 0 Å². The third-order valence-electron chi connectivity index (χ3n) is 2.82. The van der Waals surface area contributed by atoms with Gasteiger partial charge in [0.15, 0.2) is 0 Å². The van der Waals surface area contributed by atoms with Crippen molar-refractivity contribution in [1.82, 2.24) is 5.32 Å². The van der Waals surface area contributed by atoms with Crippen LogP contribution in [0, 0.1) is 17.8 Å². The van der Waals surface area contributed by atoms with Crippen LogP contribution in [0.15, 0.2) is 42.5 Å². The fourth-order valence-electron chi connectivity index (χ4n) is 1.87. The average molecular weight is 241 g/mol. The lowest BCUT2D eigenvalue weighted by molar-refractivity contribution is -0.116. The van der Waals surface area contributed by atoms with E-state index in [-0.39, 0.29) is 24.5 Å². The fraction of sp³-hybridized carbons (Fsp3) is 0.267. The zero-order valence-corrected chi connectivity index (χ0v) is 9.97. The number of benzene rings is 1. The maximum atomic E-state index is 11.6. The molecular weight excluding hydrogens is 226 g/mol. The Bertz CT molecular complexity index is 496. The normalized spacial score (nSPS) is 21.2. The molecule has 1 amide bonds. The molecule has 1 aromatic rings. The minimum atomic E-state index is -0.285. The van der Waals surface area contributed by atoms with Gasteiger partial charge in [0.1, 0.15) is 0 Å². The van der Waals surface area contributed by atoms with Crippen LogP contribution >= 0.6 is 0 Å². The van der Waals surface area contributed by atoms with Gasteiger partial charge in [0.25, 0.3) is 5.91 Å². The van der Waals surface area contributed by atoms with E-state index in [9.17, 15) is 4.79 Å². The Morgan fingerprint density at radius 3 is 2.78 bits per heavy atom. The van der Waals surface area contributed by atoms with Gasteiger partial charge in [-0.3, -0.25) is 4.79 Å². The molecule has 0 heterocycles. The highest BCUT2D eigenvalue weighted by Gasteiger charge is 2.18.